The number of hydrogen-bond acceptors (Lipinski definition) is 1. The van der Waals surface area contributed by atoms with Gasteiger partial charge >= 0.3 is 6.18 Å². The Morgan fingerprint density at radius 1 is 1.08 bits per heavy atom. The Labute approximate surface area is 143 Å². The molecule has 1 nitrogen and oxygen atoms in total. The largest absolute Gasteiger partial charge is 0.416 e. The van der Waals surface area contributed by atoms with Crippen LogP contribution in [-0.2, 0) is 6.18 Å². The Hall–Kier alpha value is -1.94. The van der Waals surface area contributed by atoms with Crippen LogP contribution in [0.2, 0.25) is 5.02 Å². The molecule has 0 spiro atoms. The highest BCUT2D eigenvalue weighted by molar-refractivity contribution is 6.30. The number of fused-ring (bicyclic) bond motifs is 3. The summed E-state index contributed by atoms with van der Waals surface area (Å²) in [7, 11) is 0. The summed E-state index contributed by atoms with van der Waals surface area (Å²) in [6, 6.07) is 11.6. The highest BCUT2D eigenvalue weighted by Crippen LogP contribution is 2.50. The van der Waals surface area contributed by atoms with Crippen LogP contribution >= 0.6 is 11.6 Å². The lowest BCUT2D eigenvalue weighted by Crippen LogP contribution is -2.29. The second kappa shape index (κ2) is 5.55. The van der Waals surface area contributed by atoms with E-state index in [1.165, 1.54) is 12.1 Å². The van der Waals surface area contributed by atoms with Gasteiger partial charge in [-0.2, -0.15) is 13.2 Å². The van der Waals surface area contributed by atoms with Crippen LogP contribution < -0.4 is 5.32 Å². The van der Waals surface area contributed by atoms with E-state index in [9.17, 15) is 13.2 Å². The molecule has 2 aromatic carbocycles. The molecule has 3 atom stereocenters. The summed E-state index contributed by atoms with van der Waals surface area (Å²) in [6.07, 6.45) is 0.604. The van der Waals surface area contributed by atoms with Crippen LogP contribution in [0.5, 0.6) is 0 Å². The lowest BCUT2D eigenvalue weighted by atomic mass is 9.76. The standard InChI is InChI=1S/C19H15ClF3N/c20-13-4-1-3-11(9-13)18-15-6-2-5-14(15)16-10-12(19(21,22)23)7-8-17(16)24-18/h1-5,7-10,14-15,18,24H,6H2/t14-,15+,18+/m1/s1. The third-order valence-electron chi connectivity index (χ3n) is 4.90. The number of nitrogens with one attached hydrogen (secondary N) is 1. The third kappa shape index (κ3) is 2.59. The fourth-order valence-corrected chi connectivity index (χ4v) is 4.00. The maximum Gasteiger partial charge on any atom is 0.416 e. The van der Waals surface area contributed by atoms with E-state index in [0.717, 1.165) is 29.3 Å². The highest BCUT2D eigenvalue weighted by Gasteiger charge is 2.39. The fourth-order valence-electron chi connectivity index (χ4n) is 3.80. The number of anilines is 1. The van der Waals surface area contributed by atoms with Crippen molar-refractivity contribution in [3.63, 3.8) is 0 Å². The topological polar surface area (TPSA) is 12.0 Å². The van der Waals surface area contributed by atoms with Crippen molar-refractivity contribution in [1.29, 1.82) is 0 Å². The van der Waals surface area contributed by atoms with Crippen molar-refractivity contribution in [2.75, 3.05) is 5.32 Å². The normalized spacial score (nSPS) is 25.1. The van der Waals surface area contributed by atoms with Crippen molar-refractivity contribution in [3.8, 4) is 0 Å². The van der Waals surface area contributed by atoms with Crippen LogP contribution in [0.15, 0.2) is 54.6 Å². The van der Waals surface area contributed by atoms with E-state index >= 15 is 0 Å². The van der Waals surface area contributed by atoms with Crippen LogP contribution in [-0.4, -0.2) is 0 Å². The summed E-state index contributed by atoms with van der Waals surface area (Å²) < 4.78 is 39.1. The fraction of sp³-hybridized carbons (Fsp3) is 0.263. The lowest BCUT2D eigenvalue weighted by Gasteiger charge is -2.38. The average molecular weight is 350 g/mol. The van der Waals surface area contributed by atoms with Crippen LogP contribution in [0.4, 0.5) is 18.9 Å². The summed E-state index contributed by atoms with van der Waals surface area (Å²) in [6.45, 7) is 0. The van der Waals surface area contributed by atoms with E-state index in [1.54, 1.807) is 0 Å². The minimum atomic E-state index is -4.32. The van der Waals surface area contributed by atoms with Crippen molar-refractivity contribution < 1.29 is 13.2 Å². The first-order valence-corrected chi connectivity index (χ1v) is 8.21. The predicted molar refractivity (Wildman–Crippen MR) is 89.2 cm³/mol. The highest BCUT2D eigenvalue weighted by atomic mass is 35.5. The van der Waals surface area contributed by atoms with Crippen molar-refractivity contribution in [1.82, 2.24) is 0 Å². The molecule has 2 aliphatic rings. The van der Waals surface area contributed by atoms with Crippen molar-refractivity contribution in [2.45, 2.75) is 24.6 Å². The van der Waals surface area contributed by atoms with Gasteiger partial charge in [0, 0.05) is 16.6 Å². The molecule has 1 aliphatic carbocycles. The molecule has 0 amide bonds. The first-order chi connectivity index (χ1) is 11.4. The van der Waals surface area contributed by atoms with Crippen LogP contribution in [0.1, 0.15) is 35.1 Å². The van der Waals surface area contributed by atoms with E-state index in [4.69, 9.17) is 11.6 Å². The molecule has 0 unspecified atom stereocenters. The van der Waals surface area contributed by atoms with Crippen molar-refractivity contribution in [3.05, 3.63) is 76.3 Å². The molecule has 24 heavy (non-hydrogen) atoms. The van der Waals surface area contributed by atoms with Crippen molar-refractivity contribution in [2.24, 2.45) is 5.92 Å². The first-order valence-electron chi connectivity index (χ1n) is 7.83. The molecule has 1 N–H and O–H groups in total. The van der Waals surface area contributed by atoms with Gasteiger partial charge in [0.1, 0.15) is 0 Å². The minimum absolute atomic E-state index is 0.00692. The number of benzene rings is 2. The molecule has 0 aromatic heterocycles. The monoisotopic (exact) mass is 349 g/mol. The summed E-state index contributed by atoms with van der Waals surface area (Å²) in [4.78, 5) is 0. The zero-order chi connectivity index (χ0) is 16.9. The van der Waals surface area contributed by atoms with E-state index in [1.807, 2.05) is 30.3 Å². The molecule has 1 heterocycles. The molecule has 0 fully saturated rings. The molecule has 2 aromatic rings. The summed E-state index contributed by atoms with van der Waals surface area (Å²) >= 11 is 6.11. The van der Waals surface area contributed by atoms with Gasteiger partial charge in [-0.25, -0.2) is 0 Å². The number of allylic oxidation sites excluding steroid dienone is 2. The van der Waals surface area contributed by atoms with Gasteiger partial charge in [0.25, 0.3) is 0 Å². The van der Waals surface area contributed by atoms with Gasteiger partial charge in [-0.3, -0.25) is 0 Å². The molecule has 0 bridgehead atoms. The van der Waals surface area contributed by atoms with Gasteiger partial charge in [0.2, 0.25) is 0 Å². The van der Waals surface area contributed by atoms with Gasteiger partial charge in [0.15, 0.2) is 0 Å². The minimum Gasteiger partial charge on any atom is -0.378 e. The molecule has 5 heteroatoms. The van der Waals surface area contributed by atoms with Gasteiger partial charge in [0.05, 0.1) is 11.6 Å². The zero-order valence-corrected chi connectivity index (χ0v) is 13.4. The van der Waals surface area contributed by atoms with E-state index in [2.05, 4.69) is 11.4 Å². The quantitative estimate of drug-likeness (QED) is 0.606. The van der Waals surface area contributed by atoms with Crippen LogP contribution in [0, 0.1) is 5.92 Å². The van der Waals surface area contributed by atoms with Gasteiger partial charge in [-0.15, -0.1) is 0 Å². The summed E-state index contributed by atoms with van der Waals surface area (Å²) in [5.41, 5.74) is 1.96. The molecule has 1 aliphatic heterocycles. The first kappa shape index (κ1) is 15.6. The Morgan fingerprint density at radius 2 is 1.92 bits per heavy atom. The molecule has 0 saturated carbocycles. The second-order valence-corrected chi connectivity index (χ2v) is 6.77. The number of alkyl halides is 3. The Balaban J connectivity index is 1.78. The lowest BCUT2D eigenvalue weighted by molar-refractivity contribution is -0.137. The molecular weight excluding hydrogens is 335 g/mol. The number of hydrogen-bond donors (Lipinski definition) is 1. The number of halogens is 4. The Bertz CT molecular complexity index is 812. The van der Waals surface area contributed by atoms with Crippen LogP contribution in [0.25, 0.3) is 0 Å². The van der Waals surface area contributed by atoms with Gasteiger partial charge < -0.3 is 5.32 Å². The smallest absolute Gasteiger partial charge is 0.378 e. The van der Waals surface area contributed by atoms with E-state index < -0.39 is 11.7 Å². The molecule has 4 rings (SSSR count). The molecule has 0 radical (unpaired) electrons. The zero-order valence-electron chi connectivity index (χ0n) is 12.6. The second-order valence-electron chi connectivity index (χ2n) is 6.33. The summed E-state index contributed by atoms with van der Waals surface area (Å²) in [5.74, 6) is 0.187. The Morgan fingerprint density at radius 3 is 2.67 bits per heavy atom. The SMILES string of the molecule is FC(F)(F)c1ccc2c(c1)[C@@H]1C=CC[C@@H]1[C@H](c1cccc(Cl)c1)N2. The number of rotatable bonds is 1. The van der Waals surface area contributed by atoms with Crippen LogP contribution in [0.3, 0.4) is 0 Å². The average Bonchev–Trinajstić information content (AvgIpc) is 3.02. The van der Waals surface area contributed by atoms with Gasteiger partial charge in [-0.1, -0.05) is 35.9 Å². The summed E-state index contributed by atoms with van der Waals surface area (Å²) in [5, 5.41) is 4.09. The molecular formula is C19H15ClF3N. The molecule has 124 valence electrons. The Kier molecular flexibility index (Phi) is 3.61. The third-order valence-corrected chi connectivity index (χ3v) is 5.13. The van der Waals surface area contributed by atoms with Crippen molar-refractivity contribution >= 4 is 17.3 Å². The predicted octanol–water partition coefficient (Wildman–Crippen LogP) is 6.19. The van der Waals surface area contributed by atoms with E-state index in [0.29, 0.717) is 5.02 Å². The maximum atomic E-state index is 13.0. The molecule has 0 saturated heterocycles. The van der Waals surface area contributed by atoms with E-state index in [-0.39, 0.29) is 17.9 Å². The maximum absolute atomic E-state index is 13.0. The van der Waals surface area contributed by atoms with Gasteiger partial charge in [-0.05, 0) is 53.8 Å².